The van der Waals surface area contributed by atoms with Gasteiger partial charge in [0.05, 0.1) is 6.42 Å². The lowest BCUT2D eigenvalue weighted by Crippen LogP contribution is -2.38. The zero-order chi connectivity index (χ0) is 20.1. The quantitative estimate of drug-likeness (QED) is 0.646. The van der Waals surface area contributed by atoms with Gasteiger partial charge in [-0.15, -0.1) is 0 Å². The summed E-state index contributed by atoms with van der Waals surface area (Å²) in [6.45, 7) is 5.10. The number of fused-ring (bicyclic) bond motifs is 1. The molecule has 1 saturated heterocycles. The second kappa shape index (κ2) is 9.05. The van der Waals surface area contributed by atoms with Gasteiger partial charge in [0.15, 0.2) is 0 Å². The fourth-order valence-corrected chi connectivity index (χ4v) is 3.75. The molecule has 3 N–H and O–H groups in total. The van der Waals surface area contributed by atoms with Crippen molar-refractivity contribution in [2.45, 2.75) is 38.6 Å². The van der Waals surface area contributed by atoms with Gasteiger partial charge in [0.25, 0.3) is 0 Å². The van der Waals surface area contributed by atoms with Crippen LogP contribution in [-0.4, -0.2) is 66.7 Å². The third-order valence-electron chi connectivity index (χ3n) is 5.24. The first-order valence-corrected chi connectivity index (χ1v) is 9.84. The van der Waals surface area contributed by atoms with Gasteiger partial charge < -0.3 is 20.6 Å². The summed E-state index contributed by atoms with van der Waals surface area (Å²) < 4.78 is 0. The van der Waals surface area contributed by atoms with Crippen molar-refractivity contribution in [2.24, 2.45) is 0 Å². The van der Waals surface area contributed by atoms with E-state index in [-0.39, 0.29) is 24.8 Å². The van der Waals surface area contributed by atoms with Crippen molar-refractivity contribution in [3.63, 3.8) is 0 Å². The van der Waals surface area contributed by atoms with Gasteiger partial charge in [-0.1, -0.05) is 6.07 Å². The van der Waals surface area contributed by atoms with E-state index >= 15 is 0 Å². The van der Waals surface area contributed by atoms with E-state index in [1.165, 1.54) is 11.1 Å². The summed E-state index contributed by atoms with van der Waals surface area (Å²) in [6, 6.07) is 5.73. The van der Waals surface area contributed by atoms with E-state index in [2.05, 4.69) is 22.8 Å². The Kier molecular flexibility index (Phi) is 6.51. The molecule has 0 spiro atoms. The molecule has 0 aromatic heterocycles. The molecule has 28 heavy (non-hydrogen) atoms. The number of carboxylic acid groups (broad SMARTS) is 1. The molecule has 1 aromatic carbocycles. The molecule has 3 rings (SSSR count). The second-order valence-electron chi connectivity index (χ2n) is 7.44. The van der Waals surface area contributed by atoms with Gasteiger partial charge in [-0.3, -0.25) is 14.5 Å². The number of carbonyl (C=O) groups is 3. The average Bonchev–Trinajstić information content (AvgIpc) is 2.85. The summed E-state index contributed by atoms with van der Waals surface area (Å²) in [4.78, 5) is 38.8. The molecule has 0 aliphatic carbocycles. The maximum atomic E-state index is 12.8. The summed E-state index contributed by atoms with van der Waals surface area (Å²) in [7, 11) is 0. The molecule has 8 nitrogen and oxygen atoms in total. The topological polar surface area (TPSA) is 102 Å². The molecule has 152 valence electrons. The van der Waals surface area contributed by atoms with Gasteiger partial charge in [0.2, 0.25) is 5.91 Å². The Morgan fingerprint density at radius 3 is 2.71 bits per heavy atom. The van der Waals surface area contributed by atoms with Crippen LogP contribution >= 0.6 is 0 Å². The lowest BCUT2D eigenvalue weighted by molar-refractivity contribution is -0.137. The van der Waals surface area contributed by atoms with Crippen molar-refractivity contribution in [2.75, 3.05) is 37.6 Å². The van der Waals surface area contributed by atoms with Gasteiger partial charge in [-0.05, 0) is 56.1 Å². The number of rotatable bonds is 7. The van der Waals surface area contributed by atoms with Crippen LogP contribution < -0.4 is 15.5 Å². The van der Waals surface area contributed by atoms with E-state index in [0.717, 1.165) is 31.6 Å². The second-order valence-corrected chi connectivity index (χ2v) is 7.44. The van der Waals surface area contributed by atoms with Gasteiger partial charge >= 0.3 is 12.0 Å². The molecule has 0 bridgehead atoms. The van der Waals surface area contributed by atoms with E-state index in [9.17, 15) is 14.4 Å². The lowest BCUT2D eigenvalue weighted by Gasteiger charge is -2.20. The number of aliphatic carboxylic acids is 1. The van der Waals surface area contributed by atoms with Gasteiger partial charge in [0.1, 0.15) is 0 Å². The standard InChI is InChI=1S/C20H28N4O4/c1-14(12-19(26)27)22-18(25)6-9-23-10-11-24(20(23)28)17-3-2-15-4-7-21-8-5-16(15)13-17/h2-3,13-14,21H,4-12H2,1H3,(H,22,25)(H,26,27). The predicted octanol–water partition coefficient (Wildman–Crippen LogP) is 0.986. The number of nitrogens with one attached hydrogen (secondary N) is 2. The Hall–Kier alpha value is -2.61. The number of amides is 3. The number of hydrogen-bond acceptors (Lipinski definition) is 4. The van der Waals surface area contributed by atoms with E-state index < -0.39 is 12.0 Å². The van der Waals surface area contributed by atoms with Crippen LogP contribution in [0.5, 0.6) is 0 Å². The summed E-state index contributed by atoms with van der Waals surface area (Å²) in [5, 5.41) is 14.8. The fourth-order valence-electron chi connectivity index (χ4n) is 3.75. The van der Waals surface area contributed by atoms with Crippen molar-refractivity contribution in [1.29, 1.82) is 0 Å². The summed E-state index contributed by atoms with van der Waals surface area (Å²) in [5.41, 5.74) is 3.54. The number of anilines is 1. The highest BCUT2D eigenvalue weighted by atomic mass is 16.4. The maximum absolute atomic E-state index is 12.8. The first-order chi connectivity index (χ1) is 13.4. The van der Waals surface area contributed by atoms with Crippen LogP contribution in [0.15, 0.2) is 18.2 Å². The molecule has 1 atom stereocenters. The Morgan fingerprint density at radius 1 is 1.21 bits per heavy atom. The smallest absolute Gasteiger partial charge is 0.324 e. The van der Waals surface area contributed by atoms with E-state index in [1.807, 2.05) is 6.07 Å². The Morgan fingerprint density at radius 2 is 1.96 bits per heavy atom. The number of urea groups is 1. The van der Waals surface area contributed by atoms with Gasteiger partial charge in [-0.2, -0.15) is 0 Å². The minimum Gasteiger partial charge on any atom is -0.481 e. The molecule has 1 aromatic rings. The van der Waals surface area contributed by atoms with Crippen LogP contribution in [0.2, 0.25) is 0 Å². The van der Waals surface area contributed by atoms with Gasteiger partial charge in [-0.25, -0.2) is 4.79 Å². The zero-order valence-electron chi connectivity index (χ0n) is 16.2. The summed E-state index contributed by atoms with van der Waals surface area (Å²) >= 11 is 0. The highest BCUT2D eigenvalue weighted by Gasteiger charge is 2.30. The largest absolute Gasteiger partial charge is 0.481 e. The molecule has 0 saturated carbocycles. The first-order valence-electron chi connectivity index (χ1n) is 9.84. The molecular formula is C20H28N4O4. The molecule has 1 fully saturated rings. The number of nitrogens with zero attached hydrogens (tertiary/aromatic N) is 2. The third kappa shape index (κ3) is 5.01. The Balaban J connectivity index is 1.54. The van der Waals surface area contributed by atoms with Crippen molar-refractivity contribution in [1.82, 2.24) is 15.5 Å². The van der Waals surface area contributed by atoms with Crippen LogP contribution in [0.25, 0.3) is 0 Å². The van der Waals surface area contributed by atoms with Crippen LogP contribution in [0.4, 0.5) is 10.5 Å². The van der Waals surface area contributed by atoms with Crippen molar-refractivity contribution >= 4 is 23.6 Å². The Labute approximate surface area is 164 Å². The minimum absolute atomic E-state index is 0.0851. The molecule has 2 heterocycles. The van der Waals surface area contributed by atoms with Crippen LogP contribution in [0.3, 0.4) is 0 Å². The molecular weight excluding hydrogens is 360 g/mol. The van der Waals surface area contributed by atoms with Gasteiger partial charge in [0, 0.05) is 37.8 Å². The number of benzene rings is 1. The maximum Gasteiger partial charge on any atom is 0.324 e. The molecule has 8 heteroatoms. The Bertz CT molecular complexity index is 752. The predicted molar refractivity (Wildman–Crippen MR) is 106 cm³/mol. The molecule has 1 unspecified atom stereocenters. The number of carboxylic acids is 1. The highest BCUT2D eigenvalue weighted by Crippen LogP contribution is 2.25. The van der Waals surface area contributed by atoms with E-state index in [4.69, 9.17) is 5.11 Å². The molecule has 2 aliphatic heterocycles. The third-order valence-corrected chi connectivity index (χ3v) is 5.24. The van der Waals surface area contributed by atoms with Crippen molar-refractivity contribution in [3.05, 3.63) is 29.3 Å². The van der Waals surface area contributed by atoms with E-state index in [0.29, 0.717) is 19.6 Å². The average molecular weight is 388 g/mol. The van der Waals surface area contributed by atoms with Crippen LogP contribution in [0.1, 0.15) is 30.9 Å². The molecule has 0 radical (unpaired) electrons. The first kappa shape index (κ1) is 20.1. The van der Waals surface area contributed by atoms with Crippen LogP contribution in [0, 0.1) is 0 Å². The molecule has 3 amide bonds. The van der Waals surface area contributed by atoms with Crippen molar-refractivity contribution < 1.29 is 19.5 Å². The summed E-state index contributed by atoms with van der Waals surface area (Å²) in [5.74, 6) is -1.19. The van der Waals surface area contributed by atoms with Crippen LogP contribution in [-0.2, 0) is 22.4 Å². The lowest BCUT2D eigenvalue weighted by atomic mass is 10.0. The zero-order valence-corrected chi connectivity index (χ0v) is 16.2. The SMILES string of the molecule is CC(CC(=O)O)NC(=O)CCN1CCN(c2ccc3c(c2)CCNCC3)C1=O. The number of hydrogen-bond donors (Lipinski definition) is 3. The highest BCUT2D eigenvalue weighted by molar-refractivity contribution is 5.94. The normalized spacial score (nSPS) is 17.8. The van der Waals surface area contributed by atoms with Crippen molar-refractivity contribution in [3.8, 4) is 0 Å². The van der Waals surface area contributed by atoms with E-state index in [1.54, 1.807) is 16.7 Å². The monoisotopic (exact) mass is 388 g/mol. The number of carbonyl (C=O) groups excluding carboxylic acids is 2. The summed E-state index contributed by atoms with van der Waals surface area (Å²) in [6.07, 6.45) is 2.02. The molecule has 2 aliphatic rings. The fraction of sp³-hybridized carbons (Fsp3) is 0.550. The minimum atomic E-state index is -0.949.